The van der Waals surface area contributed by atoms with Gasteiger partial charge in [0.05, 0.1) is 37.4 Å². The predicted octanol–water partition coefficient (Wildman–Crippen LogP) is 1.87. The van der Waals surface area contributed by atoms with Gasteiger partial charge in [-0.2, -0.15) is 0 Å². The fourth-order valence-electron chi connectivity index (χ4n) is 3.00. The van der Waals surface area contributed by atoms with Crippen molar-refractivity contribution in [1.82, 2.24) is 5.32 Å². The van der Waals surface area contributed by atoms with Gasteiger partial charge in [0.15, 0.2) is 0 Å². The fraction of sp³-hybridized carbons (Fsp3) is 0.364. The monoisotopic (exact) mass is 479 g/mol. The number of amides is 2. The summed E-state index contributed by atoms with van der Waals surface area (Å²) in [6.07, 6.45) is 1.63. The number of sulfonamides is 1. The molecule has 180 valence electrons. The van der Waals surface area contributed by atoms with E-state index in [1.165, 1.54) is 26.4 Å². The van der Waals surface area contributed by atoms with Crippen LogP contribution in [0.5, 0.6) is 11.5 Å². The average Bonchev–Trinajstić information content (AvgIpc) is 2.79. The molecule has 0 saturated carbocycles. The Bertz CT molecular complexity index is 1070. The highest BCUT2D eigenvalue weighted by Gasteiger charge is 2.25. The van der Waals surface area contributed by atoms with Crippen LogP contribution >= 0.6 is 0 Å². The van der Waals surface area contributed by atoms with E-state index in [9.17, 15) is 18.0 Å². The lowest BCUT2D eigenvalue weighted by Gasteiger charge is -2.24. The van der Waals surface area contributed by atoms with E-state index in [0.717, 1.165) is 10.6 Å². The molecule has 0 atom stereocenters. The number of rotatable bonds is 12. The van der Waals surface area contributed by atoms with Gasteiger partial charge in [-0.05, 0) is 30.7 Å². The maximum Gasteiger partial charge on any atom is 0.253 e. The molecule has 2 rings (SSSR count). The number of nitrogens with zero attached hydrogens (tertiary/aromatic N) is 1. The van der Waals surface area contributed by atoms with Gasteiger partial charge in [0, 0.05) is 26.3 Å². The number of para-hydroxylation sites is 1. The lowest BCUT2D eigenvalue weighted by molar-refractivity contribution is -0.114. The summed E-state index contributed by atoms with van der Waals surface area (Å²) in [7, 11) is 0.599. The van der Waals surface area contributed by atoms with E-state index in [1.54, 1.807) is 37.4 Å². The topological polar surface area (TPSA) is 123 Å². The summed E-state index contributed by atoms with van der Waals surface area (Å²) in [5.74, 6) is -0.293. The van der Waals surface area contributed by atoms with Gasteiger partial charge in [0.25, 0.3) is 5.91 Å². The molecular formula is C22H29N3O7S. The van der Waals surface area contributed by atoms with E-state index in [0.29, 0.717) is 25.3 Å². The molecule has 11 heteroatoms. The number of methoxy groups -OCH3 is 3. The number of carbonyl (C=O) groups excluding carboxylic acids is 2. The largest absolute Gasteiger partial charge is 0.497 e. The first-order chi connectivity index (χ1) is 15.7. The molecule has 2 aromatic carbocycles. The number of carbonyl (C=O) groups is 2. The van der Waals surface area contributed by atoms with E-state index in [4.69, 9.17) is 14.2 Å². The fourth-order valence-corrected chi connectivity index (χ4v) is 3.86. The number of benzene rings is 2. The molecule has 10 nitrogen and oxygen atoms in total. The first-order valence-corrected chi connectivity index (χ1v) is 11.9. The van der Waals surface area contributed by atoms with Gasteiger partial charge < -0.3 is 24.8 Å². The van der Waals surface area contributed by atoms with Gasteiger partial charge in [-0.3, -0.25) is 13.9 Å². The van der Waals surface area contributed by atoms with Crippen LogP contribution in [0.3, 0.4) is 0 Å². The van der Waals surface area contributed by atoms with Crippen LogP contribution in [0.2, 0.25) is 0 Å². The molecular weight excluding hydrogens is 450 g/mol. The maximum absolute atomic E-state index is 12.8. The molecule has 0 fully saturated rings. The first kappa shape index (κ1) is 25.9. The molecule has 0 aliphatic rings. The number of nitrogens with one attached hydrogen (secondary N) is 2. The Morgan fingerprint density at radius 3 is 2.39 bits per heavy atom. The third-order valence-corrected chi connectivity index (χ3v) is 5.73. The van der Waals surface area contributed by atoms with Gasteiger partial charge in [0.2, 0.25) is 15.9 Å². The lowest BCUT2D eigenvalue weighted by atomic mass is 10.1. The molecule has 0 aliphatic heterocycles. The van der Waals surface area contributed by atoms with Crippen molar-refractivity contribution in [3.8, 4) is 11.5 Å². The zero-order chi connectivity index (χ0) is 24.4. The zero-order valence-corrected chi connectivity index (χ0v) is 19.9. The van der Waals surface area contributed by atoms with Crippen LogP contribution in [-0.4, -0.2) is 67.5 Å². The van der Waals surface area contributed by atoms with Crippen molar-refractivity contribution >= 4 is 33.2 Å². The first-order valence-electron chi connectivity index (χ1n) is 10.1. The summed E-state index contributed by atoms with van der Waals surface area (Å²) < 4.78 is 41.3. The van der Waals surface area contributed by atoms with Crippen LogP contribution in [0.15, 0.2) is 42.5 Å². The van der Waals surface area contributed by atoms with Crippen molar-refractivity contribution in [2.24, 2.45) is 0 Å². The summed E-state index contributed by atoms with van der Waals surface area (Å²) >= 11 is 0. The summed E-state index contributed by atoms with van der Waals surface area (Å²) in [6.45, 7) is 0.397. The molecule has 0 aliphatic carbocycles. The Kier molecular flexibility index (Phi) is 9.49. The van der Waals surface area contributed by atoms with Gasteiger partial charge in [-0.15, -0.1) is 0 Å². The predicted molar refractivity (Wildman–Crippen MR) is 126 cm³/mol. The van der Waals surface area contributed by atoms with E-state index < -0.39 is 22.5 Å². The molecule has 0 saturated heterocycles. The molecule has 2 N–H and O–H groups in total. The van der Waals surface area contributed by atoms with Crippen molar-refractivity contribution in [1.29, 1.82) is 0 Å². The summed E-state index contributed by atoms with van der Waals surface area (Å²) in [6, 6.07) is 11.1. The zero-order valence-electron chi connectivity index (χ0n) is 19.1. The molecule has 0 aromatic heterocycles. The van der Waals surface area contributed by atoms with Crippen LogP contribution in [-0.2, 0) is 19.6 Å². The molecule has 0 unspecified atom stereocenters. The van der Waals surface area contributed by atoms with Crippen LogP contribution in [0, 0.1) is 0 Å². The highest BCUT2D eigenvalue weighted by atomic mass is 32.2. The van der Waals surface area contributed by atoms with E-state index in [2.05, 4.69) is 10.6 Å². The van der Waals surface area contributed by atoms with Crippen molar-refractivity contribution in [3.05, 3.63) is 48.0 Å². The Morgan fingerprint density at radius 1 is 1.03 bits per heavy atom. The minimum atomic E-state index is -3.84. The Hall–Kier alpha value is -3.31. The molecule has 0 spiro atoms. The number of hydrogen-bond acceptors (Lipinski definition) is 7. The van der Waals surface area contributed by atoms with Gasteiger partial charge in [-0.25, -0.2) is 8.42 Å². The normalized spacial score (nSPS) is 10.9. The standard InChI is InChI=1S/C22H29N3O7S/c1-30-13-7-12-23-22(27)17-8-5-6-9-18(17)24-21(26)15-25(33(4,28)29)19-11-10-16(31-2)14-20(19)32-3/h5-6,8-11,14H,7,12-13,15H2,1-4H3,(H,23,27)(H,24,26). The molecule has 0 heterocycles. The van der Waals surface area contributed by atoms with Crippen LogP contribution in [0.4, 0.5) is 11.4 Å². The number of hydrogen-bond donors (Lipinski definition) is 2. The van der Waals surface area contributed by atoms with E-state index in [-0.39, 0.29) is 28.6 Å². The van der Waals surface area contributed by atoms with Crippen LogP contribution in [0.25, 0.3) is 0 Å². The van der Waals surface area contributed by atoms with Crippen molar-refractivity contribution in [2.45, 2.75) is 6.42 Å². The molecule has 2 amide bonds. The van der Waals surface area contributed by atoms with Gasteiger partial charge in [0.1, 0.15) is 18.0 Å². The third kappa shape index (κ3) is 7.36. The number of anilines is 2. The van der Waals surface area contributed by atoms with E-state index >= 15 is 0 Å². The molecule has 0 radical (unpaired) electrons. The number of ether oxygens (including phenoxy) is 3. The second-order valence-electron chi connectivity index (χ2n) is 7.00. The van der Waals surface area contributed by atoms with Crippen LogP contribution < -0.4 is 24.4 Å². The second kappa shape index (κ2) is 12.1. The van der Waals surface area contributed by atoms with Crippen LogP contribution in [0.1, 0.15) is 16.8 Å². The third-order valence-electron chi connectivity index (χ3n) is 4.60. The molecule has 33 heavy (non-hydrogen) atoms. The SMILES string of the molecule is COCCCNC(=O)c1ccccc1NC(=O)CN(c1ccc(OC)cc1OC)S(C)(=O)=O. The summed E-state index contributed by atoms with van der Waals surface area (Å²) in [5, 5.41) is 5.39. The Morgan fingerprint density at radius 2 is 1.76 bits per heavy atom. The van der Waals surface area contributed by atoms with Crippen molar-refractivity contribution in [3.63, 3.8) is 0 Å². The van der Waals surface area contributed by atoms with E-state index in [1.807, 2.05) is 0 Å². The average molecular weight is 480 g/mol. The smallest absolute Gasteiger partial charge is 0.253 e. The van der Waals surface area contributed by atoms with Crippen molar-refractivity contribution in [2.75, 3.05) is 56.9 Å². The van der Waals surface area contributed by atoms with Gasteiger partial charge >= 0.3 is 0 Å². The quantitative estimate of drug-likeness (QED) is 0.446. The minimum Gasteiger partial charge on any atom is -0.497 e. The van der Waals surface area contributed by atoms with Gasteiger partial charge in [-0.1, -0.05) is 12.1 Å². The summed E-state index contributed by atoms with van der Waals surface area (Å²) in [4.78, 5) is 25.3. The Labute approximate surface area is 193 Å². The highest BCUT2D eigenvalue weighted by molar-refractivity contribution is 7.92. The minimum absolute atomic E-state index is 0.181. The highest BCUT2D eigenvalue weighted by Crippen LogP contribution is 2.33. The maximum atomic E-state index is 12.8. The summed E-state index contributed by atoms with van der Waals surface area (Å²) in [5.41, 5.74) is 0.707. The second-order valence-corrected chi connectivity index (χ2v) is 8.91. The van der Waals surface area contributed by atoms with Crippen molar-refractivity contribution < 1.29 is 32.2 Å². The Balaban J connectivity index is 2.22. The molecule has 2 aromatic rings. The lowest BCUT2D eigenvalue weighted by Crippen LogP contribution is -2.38. The molecule has 0 bridgehead atoms.